The lowest BCUT2D eigenvalue weighted by molar-refractivity contribution is -0.142. The lowest BCUT2D eigenvalue weighted by Crippen LogP contribution is -2.60. The molecule has 1 saturated heterocycles. The Labute approximate surface area is 190 Å². The molecule has 0 aromatic rings. The monoisotopic (exact) mass is 464 g/mol. The standard InChI is InChI=1S/C21H28N4O6S/c22-20(30)25-18(28)16(19(29)31-11-15(26)23-12-7-3-1-4-8-12)17(27)24-13-9-5-2-6-10-14(13)32-21(24)25/h12,21,29H,1-11H2,(H2,22,30)(H,23,26). The molecule has 4 aliphatic rings. The maximum atomic E-state index is 13.2. The van der Waals surface area contributed by atoms with E-state index in [-0.39, 0.29) is 6.04 Å². The van der Waals surface area contributed by atoms with Crippen molar-refractivity contribution in [1.82, 2.24) is 15.1 Å². The van der Waals surface area contributed by atoms with Crippen molar-refractivity contribution in [3.05, 3.63) is 22.1 Å². The number of nitrogens with one attached hydrogen (secondary N) is 1. The summed E-state index contributed by atoms with van der Waals surface area (Å²) in [6.45, 7) is -0.547. The molecule has 5 amide bonds. The van der Waals surface area contributed by atoms with Crippen molar-refractivity contribution >= 4 is 35.5 Å². The Balaban J connectivity index is 1.53. The first kappa shape index (κ1) is 22.5. The predicted octanol–water partition coefficient (Wildman–Crippen LogP) is 2.18. The van der Waals surface area contributed by atoms with Gasteiger partial charge in [0.15, 0.2) is 17.7 Å². The number of nitrogens with two attached hydrogens (primary N) is 1. The summed E-state index contributed by atoms with van der Waals surface area (Å²) in [5, 5.41) is 13.3. The minimum atomic E-state index is -1.03. The Bertz CT molecular complexity index is 895. The number of hydrogen-bond acceptors (Lipinski definition) is 7. The SMILES string of the molecule is NC(=O)N1C(=O)C(=C(O)OCC(=O)NC2CCCCC2)C(=O)N2C3=C(CCCCC3)SC12. The van der Waals surface area contributed by atoms with Crippen LogP contribution in [0, 0.1) is 0 Å². The van der Waals surface area contributed by atoms with Crippen LogP contribution in [0.2, 0.25) is 0 Å². The highest BCUT2D eigenvalue weighted by Crippen LogP contribution is 2.48. The average Bonchev–Trinajstić information content (AvgIpc) is 2.95. The molecule has 2 fully saturated rings. The lowest BCUT2D eigenvalue weighted by Gasteiger charge is -2.38. The van der Waals surface area contributed by atoms with Crippen molar-refractivity contribution in [2.24, 2.45) is 5.73 Å². The molecule has 0 bridgehead atoms. The van der Waals surface area contributed by atoms with Crippen LogP contribution in [0.15, 0.2) is 22.1 Å². The zero-order valence-corrected chi connectivity index (χ0v) is 18.6. The maximum absolute atomic E-state index is 13.2. The van der Waals surface area contributed by atoms with Gasteiger partial charge in [-0.2, -0.15) is 0 Å². The second kappa shape index (κ2) is 9.43. The first-order valence-electron chi connectivity index (χ1n) is 11.1. The zero-order chi connectivity index (χ0) is 22.8. The van der Waals surface area contributed by atoms with E-state index in [1.54, 1.807) is 0 Å². The first-order chi connectivity index (χ1) is 15.4. The Hall–Kier alpha value is -2.69. The fourth-order valence-electron chi connectivity index (χ4n) is 4.67. The van der Waals surface area contributed by atoms with Gasteiger partial charge in [0.05, 0.1) is 0 Å². The Kier molecular flexibility index (Phi) is 6.63. The van der Waals surface area contributed by atoms with Gasteiger partial charge in [0.2, 0.25) is 0 Å². The van der Waals surface area contributed by atoms with Gasteiger partial charge in [-0.25, -0.2) is 9.69 Å². The molecule has 0 aromatic heterocycles. The molecule has 0 radical (unpaired) electrons. The van der Waals surface area contributed by atoms with Gasteiger partial charge in [0.1, 0.15) is 0 Å². The highest BCUT2D eigenvalue weighted by molar-refractivity contribution is 8.03. The fraction of sp³-hybridized carbons (Fsp3) is 0.619. The van der Waals surface area contributed by atoms with Crippen molar-refractivity contribution < 1.29 is 29.0 Å². The van der Waals surface area contributed by atoms with Crippen molar-refractivity contribution in [3.8, 4) is 0 Å². The van der Waals surface area contributed by atoms with Crippen LogP contribution >= 0.6 is 11.8 Å². The lowest BCUT2D eigenvalue weighted by atomic mass is 9.95. The van der Waals surface area contributed by atoms with Gasteiger partial charge >= 0.3 is 6.03 Å². The van der Waals surface area contributed by atoms with E-state index in [2.05, 4.69) is 5.32 Å². The minimum absolute atomic E-state index is 0.0564. The van der Waals surface area contributed by atoms with Crippen molar-refractivity contribution in [2.75, 3.05) is 6.61 Å². The Morgan fingerprint density at radius 2 is 1.75 bits per heavy atom. The quantitative estimate of drug-likeness (QED) is 0.329. The number of fused-ring (bicyclic) bond motifs is 2. The van der Waals surface area contributed by atoms with Gasteiger partial charge in [-0.15, -0.1) is 0 Å². The van der Waals surface area contributed by atoms with E-state index in [9.17, 15) is 24.3 Å². The molecule has 11 heteroatoms. The van der Waals surface area contributed by atoms with Crippen molar-refractivity contribution in [2.45, 2.75) is 75.7 Å². The smallest absolute Gasteiger partial charge is 0.324 e. The summed E-state index contributed by atoms with van der Waals surface area (Å²) in [5.74, 6) is -3.20. The van der Waals surface area contributed by atoms with Crippen molar-refractivity contribution in [1.29, 1.82) is 0 Å². The number of thioether (sulfide) groups is 1. The largest absolute Gasteiger partial charge is 0.480 e. The van der Waals surface area contributed by atoms with E-state index in [0.29, 0.717) is 6.42 Å². The number of urea groups is 1. The van der Waals surface area contributed by atoms with Gasteiger partial charge in [-0.1, -0.05) is 37.4 Å². The second-order valence-electron chi connectivity index (χ2n) is 8.43. The summed E-state index contributed by atoms with van der Waals surface area (Å²) < 4.78 is 5.12. The molecule has 4 N–H and O–H groups in total. The molecule has 1 unspecified atom stereocenters. The minimum Gasteiger partial charge on any atom is -0.480 e. The molecule has 4 rings (SSSR count). The van der Waals surface area contributed by atoms with Crippen LogP contribution in [0.1, 0.15) is 64.2 Å². The number of aliphatic hydroxyl groups excluding tert-OH is 1. The highest BCUT2D eigenvalue weighted by atomic mass is 32.2. The summed E-state index contributed by atoms with van der Waals surface area (Å²) in [6, 6.07) is -0.969. The Morgan fingerprint density at radius 3 is 2.47 bits per heavy atom. The number of allylic oxidation sites excluding steroid dienone is 2. The highest BCUT2D eigenvalue weighted by Gasteiger charge is 2.52. The third-order valence-electron chi connectivity index (χ3n) is 6.25. The number of carbonyl (C=O) groups excluding carboxylic acids is 4. The molecular weight excluding hydrogens is 436 g/mol. The number of nitrogens with zero attached hydrogens (tertiary/aromatic N) is 2. The number of hydrogen-bond donors (Lipinski definition) is 3. The number of amides is 5. The summed E-state index contributed by atoms with van der Waals surface area (Å²) >= 11 is 1.27. The summed E-state index contributed by atoms with van der Waals surface area (Å²) in [7, 11) is 0. The zero-order valence-electron chi connectivity index (χ0n) is 17.8. The van der Waals surface area contributed by atoms with Crippen LogP contribution in [0.25, 0.3) is 0 Å². The van der Waals surface area contributed by atoms with Crippen molar-refractivity contribution in [3.63, 3.8) is 0 Å². The molecule has 2 aliphatic carbocycles. The molecule has 0 aromatic carbocycles. The van der Waals surface area contributed by atoms with E-state index in [1.807, 2.05) is 0 Å². The van der Waals surface area contributed by atoms with Crippen LogP contribution in [-0.2, 0) is 19.1 Å². The molecule has 1 atom stereocenters. The number of rotatable bonds is 4. The maximum Gasteiger partial charge on any atom is 0.324 e. The summed E-state index contributed by atoms with van der Waals surface area (Å²) in [6.07, 6.45) is 9.23. The van der Waals surface area contributed by atoms with Crippen LogP contribution in [0.3, 0.4) is 0 Å². The first-order valence-corrected chi connectivity index (χ1v) is 12.0. The van der Waals surface area contributed by atoms with Crippen LogP contribution in [0.4, 0.5) is 4.79 Å². The number of primary amides is 1. The van der Waals surface area contributed by atoms with Crippen LogP contribution in [0.5, 0.6) is 0 Å². The Morgan fingerprint density at radius 1 is 1.06 bits per heavy atom. The molecule has 0 spiro atoms. The number of aliphatic hydroxyl groups is 1. The van der Waals surface area contributed by atoms with Gasteiger partial charge in [-0.3, -0.25) is 19.3 Å². The van der Waals surface area contributed by atoms with Gasteiger partial charge in [0, 0.05) is 16.6 Å². The van der Waals surface area contributed by atoms with E-state index in [4.69, 9.17) is 10.5 Å². The number of carbonyl (C=O) groups is 4. The molecule has 32 heavy (non-hydrogen) atoms. The van der Waals surface area contributed by atoms with Crippen LogP contribution in [-0.4, -0.2) is 56.8 Å². The molecule has 2 aliphatic heterocycles. The number of imide groups is 1. The summed E-state index contributed by atoms with van der Waals surface area (Å²) in [5.41, 5.74) is 4.61. The molecule has 174 valence electrons. The van der Waals surface area contributed by atoms with Gasteiger partial charge < -0.3 is 20.9 Å². The van der Waals surface area contributed by atoms with E-state index >= 15 is 0 Å². The predicted molar refractivity (Wildman–Crippen MR) is 115 cm³/mol. The molecule has 2 heterocycles. The van der Waals surface area contributed by atoms with E-state index in [0.717, 1.165) is 73.3 Å². The van der Waals surface area contributed by atoms with Gasteiger partial charge in [-0.05, 0) is 38.5 Å². The third-order valence-corrected chi connectivity index (χ3v) is 7.60. The summed E-state index contributed by atoms with van der Waals surface area (Å²) in [4.78, 5) is 53.5. The van der Waals surface area contributed by atoms with E-state index < -0.39 is 47.4 Å². The molecule has 1 saturated carbocycles. The van der Waals surface area contributed by atoms with Crippen LogP contribution < -0.4 is 11.1 Å². The van der Waals surface area contributed by atoms with Gasteiger partial charge in [0.25, 0.3) is 23.7 Å². The average molecular weight is 465 g/mol. The fourth-order valence-corrected chi connectivity index (χ4v) is 6.16. The second-order valence-corrected chi connectivity index (χ2v) is 9.58. The normalized spacial score (nSPS) is 25.8. The molecule has 10 nitrogen and oxygen atoms in total. The number of ether oxygens (including phenoxy) is 1. The topological polar surface area (TPSA) is 142 Å². The van der Waals surface area contributed by atoms with E-state index in [1.165, 1.54) is 16.7 Å². The molecular formula is C21H28N4O6S. The third kappa shape index (κ3) is 4.30.